The second-order valence-electron chi connectivity index (χ2n) is 2.74. The first kappa shape index (κ1) is 11.1. The summed E-state index contributed by atoms with van der Waals surface area (Å²) in [5.41, 5.74) is 0.221. The molecule has 0 aromatic heterocycles. The summed E-state index contributed by atoms with van der Waals surface area (Å²) in [5, 5.41) is 17.7. The molecular weight excluding hydrogens is 160 g/mol. The van der Waals surface area contributed by atoms with Gasteiger partial charge in [-0.25, -0.2) is 4.79 Å². The van der Waals surface area contributed by atoms with Gasteiger partial charge >= 0.3 is 5.97 Å². The Bertz CT molecular complexity index is 176. The summed E-state index contributed by atoms with van der Waals surface area (Å²) < 4.78 is 4.52. The number of carbonyl (C=O) groups is 1. The van der Waals surface area contributed by atoms with Crippen LogP contribution >= 0.6 is 0 Å². The van der Waals surface area contributed by atoms with E-state index in [-0.39, 0.29) is 12.2 Å². The molecule has 0 aliphatic carbocycles. The Morgan fingerprint density at radius 1 is 1.67 bits per heavy atom. The predicted octanol–water partition coefficient (Wildman–Crippen LogP) is 0.0525. The van der Waals surface area contributed by atoms with Crippen molar-refractivity contribution in [2.45, 2.75) is 20.1 Å². The Labute approximate surface area is 71.5 Å². The van der Waals surface area contributed by atoms with Crippen LogP contribution in [0, 0.1) is 5.92 Å². The van der Waals surface area contributed by atoms with E-state index in [0.29, 0.717) is 0 Å². The van der Waals surface area contributed by atoms with Crippen LogP contribution in [0.2, 0.25) is 0 Å². The fraction of sp³-hybridized carbons (Fsp3) is 0.625. The van der Waals surface area contributed by atoms with Crippen LogP contribution in [-0.2, 0) is 9.53 Å². The van der Waals surface area contributed by atoms with Crippen molar-refractivity contribution in [3.8, 4) is 0 Å². The van der Waals surface area contributed by atoms with E-state index in [4.69, 9.17) is 10.2 Å². The average Bonchev–Trinajstić information content (AvgIpc) is 2.02. The van der Waals surface area contributed by atoms with Crippen molar-refractivity contribution in [1.82, 2.24) is 0 Å². The van der Waals surface area contributed by atoms with Gasteiger partial charge in [-0.2, -0.15) is 0 Å². The molecule has 0 aliphatic heterocycles. The third-order valence-corrected chi connectivity index (χ3v) is 1.35. The maximum absolute atomic E-state index is 10.8. The summed E-state index contributed by atoms with van der Waals surface area (Å²) in [6, 6.07) is 0. The number of carbonyl (C=O) groups excluding carboxylic acids is 1. The summed E-state index contributed by atoms with van der Waals surface area (Å²) in [6.07, 6.45) is -1.26. The van der Waals surface area contributed by atoms with Crippen molar-refractivity contribution in [3.05, 3.63) is 12.2 Å². The molecule has 0 fully saturated rings. The maximum atomic E-state index is 10.8. The van der Waals surface area contributed by atoms with Crippen LogP contribution < -0.4 is 0 Å². The molecule has 0 spiro atoms. The Balaban J connectivity index is 3.92. The van der Waals surface area contributed by atoms with Crippen molar-refractivity contribution in [2.24, 2.45) is 5.92 Å². The van der Waals surface area contributed by atoms with Crippen molar-refractivity contribution in [2.75, 3.05) is 6.61 Å². The van der Waals surface area contributed by atoms with Gasteiger partial charge in [0.2, 0.25) is 6.29 Å². The van der Waals surface area contributed by atoms with Gasteiger partial charge in [-0.3, -0.25) is 0 Å². The summed E-state index contributed by atoms with van der Waals surface area (Å²) in [6.45, 7) is 6.16. The Morgan fingerprint density at radius 2 is 2.17 bits per heavy atom. The average molecular weight is 174 g/mol. The van der Waals surface area contributed by atoms with E-state index in [9.17, 15) is 4.79 Å². The Hall–Kier alpha value is -0.870. The standard InChI is InChI=1S/C8H14O4/c1-5(2)7(10)12-8(11)6(3)4-9/h6,8-9,11H,1,4H2,2-3H3. The van der Waals surface area contributed by atoms with E-state index < -0.39 is 18.2 Å². The molecule has 0 aromatic carbocycles. The van der Waals surface area contributed by atoms with Crippen molar-refractivity contribution in [1.29, 1.82) is 0 Å². The SMILES string of the molecule is C=C(C)C(=O)OC(O)C(C)CO. The molecule has 0 saturated carbocycles. The molecule has 2 unspecified atom stereocenters. The lowest BCUT2D eigenvalue weighted by atomic mass is 10.2. The minimum Gasteiger partial charge on any atom is -0.432 e. The predicted molar refractivity (Wildman–Crippen MR) is 43.2 cm³/mol. The van der Waals surface area contributed by atoms with E-state index >= 15 is 0 Å². The minimum absolute atomic E-state index is 0.221. The number of aliphatic hydroxyl groups excluding tert-OH is 2. The van der Waals surface area contributed by atoms with Gasteiger partial charge in [0.15, 0.2) is 0 Å². The molecule has 2 atom stereocenters. The third kappa shape index (κ3) is 3.50. The van der Waals surface area contributed by atoms with E-state index in [2.05, 4.69) is 11.3 Å². The summed E-state index contributed by atoms with van der Waals surface area (Å²) in [4.78, 5) is 10.8. The topological polar surface area (TPSA) is 66.8 Å². The molecule has 0 bridgehead atoms. The lowest BCUT2D eigenvalue weighted by Gasteiger charge is -2.16. The van der Waals surface area contributed by atoms with Crippen LogP contribution in [0.15, 0.2) is 12.2 Å². The Morgan fingerprint density at radius 3 is 2.50 bits per heavy atom. The van der Waals surface area contributed by atoms with Crippen LogP contribution in [0.4, 0.5) is 0 Å². The van der Waals surface area contributed by atoms with Crippen molar-refractivity contribution >= 4 is 5.97 Å². The number of hydrogen-bond acceptors (Lipinski definition) is 4. The largest absolute Gasteiger partial charge is 0.432 e. The molecule has 0 radical (unpaired) electrons. The van der Waals surface area contributed by atoms with E-state index in [0.717, 1.165) is 0 Å². The molecule has 0 saturated heterocycles. The fourth-order valence-electron chi connectivity index (χ4n) is 0.417. The van der Waals surface area contributed by atoms with Gasteiger partial charge < -0.3 is 14.9 Å². The van der Waals surface area contributed by atoms with E-state index in [1.54, 1.807) is 6.92 Å². The van der Waals surface area contributed by atoms with Gasteiger partial charge in [-0.05, 0) is 6.92 Å². The minimum atomic E-state index is -1.26. The smallest absolute Gasteiger partial charge is 0.335 e. The van der Waals surface area contributed by atoms with Crippen LogP contribution in [0.3, 0.4) is 0 Å². The highest BCUT2D eigenvalue weighted by Crippen LogP contribution is 2.05. The highest BCUT2D eigenvalue weighted by Gasteiger charge is 2.17. The number of ether oxygens (including phenoxy) is 1. The number of rotatable bonds is 4. The van der Waals surface area contributed by atoms with Gasteiger partial charge in [0.1, 0.15) is 0 Å². The molecule has 0 rings (SSSR count). The second kappa shape index (κ2) is 4.90. The molecule has 0 heterocycles. The molecule has 0 amide bonds. The monoisotopic (exact) mass is 174 g/mol. The molecule has 12 heavy (non-hydrogen) atoms. The Kier molecular flexibility index (Phi) is 4.54. The zero-order valence-corrected chi connectivity index (χ0v) is 7.28. The van der Waals surface area contributed by atoms with Crippen molar-refractivity contribution < 1.29 is 19.7 Å². The molecular formula is C8H14O4. The normalized spacial score (nSPS) is 15.0. The zero-order chi connectivity index (χ0) is 9.72. The molecule has 0 aromatic rings. The van der Waals surface area contributed by atoms with Crippen LogP contribution in [0.25, 0.3) is 0 Å². The quantitative estimate of drug-likeness (QED) is 0.359. The number of aliphatic hydroxyl groups is 2. The molecule has 70 valence electrons. The lowest BCUT2D eigenvalue weighted by molar-refractivity contribution is -0.173. The maximum Gasteiger partial charge on any atom is 0.335 e. The van der Waals surface area contributed by atoms with E-state index in [1.807, 2.05) is 0 Å². The lowest BCUT2D eigenvalue weighted by Crippen LogP contribution is -2.27. The van der Waals surface area contributed by atoms with Gasteiger partial charge in [-0.15, -0.1) is 0 Å². The second-order valence-corrected chi connectivity index (χ2v) is 2.74. The van der Waals surface area contributed by atoms with Crippen LogP contribution in [0.5, 0.6) is 0 Å². The first-order valence-electron chi connectivity index (χ1n) is 3.64. The summed E-state index contributed by atoms with van der Waals surface area (Å²) >= 11 is 0. The molecule has 2 N–H and O–H groups in total. The first-order chi connectivity index (χ1) is 5.49. The molecule has 0 aliphatic rings. The molecule has 4 heteroatoms. The van der Waals surface area contributed by atoms with Crippen LogP contribution in [0.1, 0.15) is 13.8 Å². The number of hydrogen-bond donors (Lipinski definition) is 2. The fourth-order valence-corrected chi connectivity index (χ4v) is 0.417. The van der Waals surface area contributed by atoms with Crippen LogP contribution in [-0.4, -0.2) is 29.1 Å². The zero-order valence-electron chi connectivity index (χ0n) is 7.28. The summed E-state index contributed by atoms with van der Waals surface area (Å²) in [7, 11) is 0. The first-order valence-corrected chi connectivity index (χ1v) is 3.64. The van der Waals surface area contributed by atoms with Crippen molar-refractivity contribution in [3.63, 3.8) is 0 Å². The number of esters is 1. The van der Waals surface area contributed by atoms with Gasteiger partial charge in [0.05, 0.1) is 6.61 Å². The highest BCUT2D eigenvalue weighted by atomic mass is 16.6. The summed E-state index contributed by atoms with van der Waals surface area (Å²) in [5.74, 6) is -1.13. The molecule has 4 nitrogen and oxygen atoms in total. The van der Waals surface area contributed by atoms with Gasteiger partial charge in [0, 0.05) is 11.5 Å². The third-order valence-electron chi connectivity index (χ3n) is 1.35. The highest BCUT2D eigenvalue weighted by molar-refractivity contribution is 5.86. The van der Waals surface area contributed by atoms with Gasteiger partial charge in [-0.1, -0.05) is 13.5 Å². The van der Waals surface area contributed by atoms with Gasteiger partial charge in [0.25, 0.3) is 0 Å². The van der Waals surface area contributed by atoms with E-state index in [1.165, 1.54) is 6.92 Å².